The van der Waals surface area contributed by atoms with Gasteiger partial charge in [0.2, 0.25) is 0 Å². The summed E-state index contributed by atoms with van der Waals surface area (Å²) in [5, 5.41) is 33.0. The molecule has 0 bridgehead atoms. The van der Waals surface area contributed by atoms with E-state index in [1.165, 1.54) is 93.3 Å². The van der Waals surface area contributed by atoms with Crippen LogP contribution < -0.4 is 0 Å². The number of hydrogen-bond donors (Lipinski definition) is 0. The second-order valence-electron chi connectivity index (χ2n) is 27.1. The average molecular weight is 1820 g/mol. The van der Waals surface area contributed by atoms with Gasteiger partial charge in [-0.1, -0.05) is 349 Å². The van der Waals surface area contributed by atoms with Crippen molar-refractivity contribution >= 4 is 65.2 Å². The molecule has 0 aliphatic rings. The summed E-state index contributed by atoms with van der Waals surface area (Å²) in [4.78, 5) is 10.3. The molecule has 0 aliphatic carbocycles. The third-order valence-electron chi connectivity index (χ3n) is 18.3. The van der Waals surface area contributed by atoms with Crippen molar-refractivity contribution in [2.45, 2.75) is 40.3 Å². The number of benzene rings is 15. The SMILES string of the molecule is C[N-]C.C[N-]C.C[N-]C.Cc1cc(C)c([N-]Cc2cccc(-c3cccc4ccccc34)n2)c(C)c1.Cc1ccc2ccccc2c1[N-]C(c1cccc(-c2cccc3ccccc23)n1)c1c2ccccc2cc2ccccc12.[CH2-]c1ccccc1.[CH2-]c1ccccc1.[Hf].[Hf].c1ccc([C-](c2ccccc2)c2ccccc2)cc1. The van der Waals surface area contributed by atoms with Gasteiger partial charge >= 0.3 is 0 Å². The molecule has 17 rings (SSSR count). The van der Waals surface area contributed by atoms with Crippen molar-refractivity contribution in [3.05, 3.63) is 489 Å². The molecule has 15 aromatic carbocycles. The molecule has 0 spiro atoms. The van der Waals surface area contributed by atoms with E-state index in [-0.39, 0.29) is 57.7 Å². The molecular formula is C105H99Hf2N7-8. The van der Waals surface area contributed by atoms with Crippen LogP contribution in [0.15, 0.2) is 376 Å². The normalized spacial score (nSPS) is 10.4. The van der Waals surface area contributed by atoms with Crippen molar-refractivity contribution in [1.82, 2.24) is 9.97 Å². The molecule has 17 aromatic rings. The summed E-state index contributed by atoms with van der Waals surface area (Å²) in [6.07, 6.45) is 0. The predicted octanol–water partition coefficient (Wildman–Crippen LogP) is 28.8. The minimum atomic E-state index is -0.324. The first-order chi connectivity index (χ1) is 54.8. The Hall–Kier alpha value is -11.3. The van der Waals surface area contributed by atoms with Crippen molar-refractivity contribution in [1.29, 1.82) is 0 Å². The number of fused-ring (bicyclic) bond motifs is 5. The average Bonchev–Trinajstić information content (AvgIpc) is 0.748. The molecule has 1 atom stereocenters. The fourth-order valence-corrected chi connectivity index (χ4v) is 13.5. The molecule has 1 unspecified atom stereocenters. The fourth-order valence-electron chi connectivity index (χ4n) is 13.5. The Morgan fingerprint density at radius 1 is 0.307 bits per heavy atom. The van der Waals surface area contributed by atoms with E-state index in [4.69, 9.17) is 20.6 Å². The van der Waals surface area contributed by atoms with E-state index >= 15 is 0 Å². The predicted molar refractivity (Wildman–Crippen MR) is 484 cm³/mol. The summed E-state index contributed by atoms with van der Waals surface area (Å²) in [5.41, 5.74) is 20.2. The van der Waals surface area contributed by atoms with E-state index in [1.807, 2.05) is 60.7 Å². The van der Waals surface area contributed by atoms with Crippen LogP contribution in [0.2, 0.25) is 0 Å². The second-order valence-corrected chi connectivity index (χ2v) is 27.1. The second kappa shape index (κ2) is 46.7. The molecule has 0 N–H and O–H groups in total. The van der Waals surface area contributed by atoms with E-state index < -0.39 is 0 Å². The van der Waals surface area contributed by atoms with E-state index in [9.17, 15) is 0 Å². The van der Waals surface area contributed by atoms with Gasteiger partial charge < -0.3 is 26.6 Å². The Kier molecular flexibility index (Phi) is 36.1. The topological polar surface area (TPSA) is 96.3 Å². The Balaban J connectivity index is 0.000000196. The third kappa shape index (κ3) is 24.6. The summed E-state index contributed by atoms with van der Waals surface area (Å²) in [6, 6.07) is 130. The van der Waals surface area contributed by atoms with Gasteiger partial charge in [-0.3, -0.25) is 9.97 Å². The molecule has 570 valence electrons. The molecule has 2 heterocycles. The first kappa shape index (κ1) is 88.3. The third-order valence-corrected chi connectivity index (χ3v) is 18.3. The van der Waals surface area contributed by atoms with Gasteiger partial charge in [-0.05, 0) is 123 Å². The maximum atomic E-state index is 5.66. The van der Waals surface area contributed by atoms with Crippen molar-refractivity contribution in [3.63, 3.8) is 0 Å². The van der Waals surface area contributed by atoms with Crippen LogP contribution in [0, 0.1) is 47.5 Å². The van der Waals surface area contributed by atoms with E-state index in [0.717, 1.165) is 67.4 Å². The zero-order valence-electron chi connectivity index (χ0n) is 67.1. The molecule has 0 fully saturated rings. The van der Waals surface area contributed by atoms with Gasteiger partial charge in [0.1, 0.15) is 0 Å². The maximum Gasteiger partial charge on any atom is 0.0711 e. The van der Waals surface area contributed by atoms with Crippen LogP contribution in [-0.2, 0) is 58.2 Å². The largest absolute Gasteiger partial charge is 0.679 e. The number of aryl methyl sites for hydroxylation is 4. The maximum absolute atomic E-state index is 5.66. The minimum Gasteiger partial charge on any atom is -0.679 e. The quantitative estimate of drug-likeness (QED) is 0.0527. The van der Waals surface area contributed by atoms with Gasteiger partial charge in [0.05, 0.1) is 11.4 Å². The van der Waals surface area contributed by atoms with Crippen LogP contribution in [0.5, 0.6) is 0 Å². The van der Waals surface area contributed by atoms with Crippen molar-refractivity contribution in [2.24, 2.45) is 0 Å². The Morgan fingerprint density at radius 3 is 1.07 bits per heavy atom. The smallest absolute Gasteiger partial charge is 0.0711 e. The molecule has 114 heavy (non-hydrogen) atoms. The zero-order chi connectivity index (χ0) is 78.8. The molecule has 0 radical (unpaired) electrons. The van der Waals surface area contributed by atoms with Crippen LogP contribution in [0.25, 0.3) is 103 Å². The fraction of sp³-hybridized carbons (Fsp3) is 0.114. The molecular weight excluding hydrogens is 1720 g/mol. The summed E-state index contributed by atoms with van der Waals surface area (Å²) in [7, 11) is 10.5. The molecule has 9 heteroatoms. The summed E-state index contributed by atoms with van der Waals surface area (Å²) < 4.78 is 0. The standard InChI is InChI=1S/C41H29N2.C25H23N2.C19H15.2C7H7.3C2H6N.2Hf/c1-27-24-25-29-13-3-9-20-35(29)40(27)43-41(39-33-18-7-4-14-30(33)26-31-15-5-8-19-34(31)39)38-23-11-22-37(42-38)36-21-10-16-28-12-2-6-17-32(28)36;1-17-14-18(2)25(19(3)15-17)26-16-21-10-7-13-24(27-21)23-12-6-9-20-8-4-5-11-22(20)23;1-4-10-16(11-5-1)19(17-12-6-2-7-13-17)18-14-8-3-9-15-18;2*1-7-5-3-2-4-6-7;3*1-3-2;;/h2-26,41H,1H3;4-15H,16H2,1-3H3;1-15H;2*2-6H,1H2;3*1-2H3;;/q8*-1;;. The molecule has 0 saturated carbocycles. The Bertz CT molecular complexity index is 5480. The first-order valence-electron chi connectivity index (χ1n) is 37.8. The van der Waals surface area contributed by atoms with Gasteiger partial charge in [-0.25, -0.2) is 0 Å². The minimum absolute atomic E-state index is 0. The number of pyridine rings is 2. The first-order valence-corrected chi connectivity index (χ1v) is 37.8. The van der Waals surface area contributed by atoms with Gasteiger partial charge in [-0.15, -0.1) is 35.6 Å². The van der Waals surface area contributed by atoms with Crippen LogP contribution >= 0.6 is 0 Å². The number of rotatable bonds is 12. The van der Waals surface area contributed by atoms with Crippen LogP contribution in [0.3, 0.4) is 0 Å². The number of aromatic nitrogens is 2. The molecule has 7 nitrogen and oxygen atoms in total. The summed E-state index contributed by atoms with van der Waals surface area (Å²) in [6.45, 7) is 16.6. The number of nitrogens with zero attached hydrogens (tertiary/aromatic N) is 7. The van der Waals surface area contributed by atoms with Gasteiger partial charge in [0, 0.05) is 74.2 Å². The van der Waals surface area contributed by atoms with Crippen LogP contribution in [0.4, 0.5) is 11.4 Å². The molecule has 0 amide bonds. The van der Waals surface area contributed by atoms with Crippen LogP contribution in [0.1, 0.15) is 73.1 Å². The zero-order valence-corrected chi connectivity index (χ0v) is 74.3. The van der Waals surface area contributed by atoms with E-state index in [2.05, 4.69) is 373 Å². The number of hydrogen-bond acceptors (Lipinski definition) is 2. The summed E-state index contributed by atoms with van der Waals surface area (Å²) in [5.74, 6) is 1.28. The van der Waals surface area contributed by atoms with E-state index in [1.54, 1.807) is 42.3 Å². The van der Waals surface area contributed by atoms with Crippen molar-refractivity contribution < 1.29 is 51.7 Å². The van der Waals surface area contributed by atoms with Gasteiger partial charge in [0.15, 0.2) is 0 Å². The Labute approximate surface area is 715 Å². The van der Waals surface area contributed by atoms with E-state index in [0.29, 0.717) is 6.54 Å². The van der Waals surface area contributed by atoms with Crippen molar-refractivity contribution in [2.75, 3.05) is 42.3 Å². The van der Waals surface area contributed by atoms with Crippen LogP contribution in [-0.4, -0.2) is 52.3 Å². The van der Waals surface area contributed by atoms with Gasteiger partial charge in [-0.2, -0.15) is 91.5 Å². The molecule has 0 aliphatic heterocycles. The van der Waals surface area contributed by atoms with Gasteiger partial charge in [0.25, 0.3) is 0 Å². The Morgan fingerprint density at radius 2 is 0.649 bits per heavy atom. The monoisotopic (exact) mass is 1820 g/mol. The summed E-state index contributed by atoms with van der Waals surface area (Å²) >= 11 is 0. The molecule has 2 aromatic heterocycles. The molecule has 0 saturated heterocycles. The van der Waals surface area contributed by atoms with Crippen molar-refractivity contribution in [3.8, 4) is 22.5 Å².